The predicted octanol–water partition coefficient (Wildman–Crippen LogP) is 1.52. The van der Waals surface area contributed by atoms with Crippen LogP contribution >= 0.6 is 0 Å². The van der Waals surface area contributed by atoms with Gasteiger partial charge in [0.15, 0.2) is 0 Å². The lowest BCUT2D eigenvalue weighted by atomic mass is 9.94. The van der Waals surface area contributed by atoms with Crippen LogP contribution < -0.4 is 5.73 Å². The van der Waals surface area contributed by atoms with E-state index in [0.717, 1.165) is 5.76 Å². The van der Waals surface area contributed by atoms with Gasteiger partial charge in [-0.1, -0.05) is 20.8 Å². The smallest absolute Gasteiger partial charge is 0.0783 e. The molecule has 2 N–H and O–H groups in total. The summed E-state index contributed by atoms with van der Waals surface area (Å²) in [5.74, 6) is 0.861. The number of hydroxylamine groups is 1. The quantitative estimate of drug-likeness (QED) is 0.556. The maximum atomic E-state index is 5.45. The first-order valence-electron chi connectivity index (χ1n) is 3.35. The molecule has 1 heterocycles. The summed E-state index contributed by atoms with van der Waals surface area (Å²) in [4.78, 5) is 4.99. The van der Waals surface area contributed by atoms with Gasteiger partial charge in [0.1, 0.15) is 0 Å². The van der Waals surface area contributed by atoms with Crippen molar-refractivity contribution in [3.8, 4) is 0 Å². The summed E-state index contributed by atoms with van der Waals surface area (Å²) in [7, 11) is 0. The van der Waals surface area contributed by atoms with Crippen molar-refractivity contribution >= 4 is 0 Å². The lowest BCUT2D eigenvalue weighted by Gasteiger charge is -2.25. The zero-order chi connectivity index (χ0) is 7.78. The lowest BCUT2D eigenvalue weighted by molar-refractivity contribution is 0.232. The maximum absolute atomic E-state index is 5.45. The second-order valence-electron chi connectivity index (χ2n) is 3.47. The Hall–Kier alpha value is -0.540. The van der Waals surface area contributed by atoms with E-state index in [2.05, 4.69) is 26.3 Å². The molecule has 1 aliphatic rings. The van der Waals surface area contributed by atoms with Gasteiger partial charge in [-0.05, 0) is 12.2 Å². The van der Waals surface area contributed by atoms with Crippen molar-refractivity contribution in [3.63, 3.8) is 0 Å². The minimum atomic E-state index is -0.269. The Morgan fingerprint density at radius 3 is 2.40 bits per heavy atom. The van der Waals surface area contributed by atoms with Crippen LogP contribution in [0.1, 0.15) is 20.8 Å². The van der Waals surface area contributed by atoms with E-state index in [-0.39, 0.29) is 11.6 Å². The van der Waals surface area contributed by atoms with Crippen molar-refractivity contribution in [2.24, 2.45) is 11.1 Å². The molecule has 1 aliphatic heterocycles. The molecule has 10 heavy (non-hydrogen) atoms. The Labute approximate surface area is 61.2 Å². The monoisotopic (exact) mass is 141 g/mol. The molecule has 0 amide bonds. The molecule has 0 aliphatic carbocycles. The zero-order valence-corrected chi connectivity index (χ0v) is 6.59. The molecule has 0 saturated heterocycles. The van der Waals surface area contributed by atoms with Gasteiger partial charge in [0.25, 0.3) is 0 Å². The predicted molar refractivity (Wildman–Crippen MR) is 40.0 cm³/mol. The van der Waals surface area contributed by atoms with E-state index in [1.54, 1.807) is 0 Å². The number of hydrogen-bond acceptors (Lipinski definition) is 2. The van der Waals surface area contributed by atoms with Crippen LogP contribution in [0.2, 0.25) is 0 Å². The van der Waals surface area contributed by atoms with Crippen LogP contribution in [0.25, 0.3) is 5.48 Å². The summed E-state index contributed by atoms with van der Waals surface area (Å²) >= 11 is 0. The number of nitrogens with two attached hydrogens (primary N) is 1. The fraction of sp³-hybridized carbons (Fsp3) is 0.714. The molecule has 58 valence electrons. The standard InChI is InChI=1S/C7H13N2O/c1-7(2,3)5-4-6(8)9-10-5/h4,6H,8H2,1-3H3/q-1. The molecule has 1 atom stereocenters. The average molecular weight is 141 g/mol. The number of allylic oxidation sites excluding steroid dienone is 1. The number of nitrogens with zero attached hydrogens (tertiary/aromatic N) is 1. The fourth-order valence-electron chi connectivity index (χ4n) is 0.721. The molecule has 0 saturated carbocycles. The molecule has 0 aromatic heterocycles. The zero-order valence-electron chi connectivity index (χ0n) is 6.59. The highest BCUT2D eigenvalue weighted by molar-refractivity contribution is 5.16. The summed E-state index contributed by atoms with van der Waals surface area (Å²) in [5.41, 5.74) is 9.15. The van der Waals surface area contributed by atoms with Crippen LogP contribution in [0.15, 0.2) is 11.8 Å². The van der Waals surface area contributed by atoms with E-state index < -0.39 is 0 Å². The second-order valence-corrected chi connectivity index (χ2v) is 3.47. The topological polar surface area (TPSA) is 49.4 Å². The van der Waals surface area contributed by atoms with Gasteiger partial charge in [0, 0.05) is 5.41 Å². The molecule has 0 aromatic rings. The molecule has 1 unspecified atom stereocenters. The van der Waals surface area contributed by atoms with Crippen molar-refractivity contribution in [3.05, 3.63) is 17.3 Å². The van der Waals surface area contributed by atoms with E-state index in [0.29, 0.717) is 0 Å². The van der Waals surface area contributed by atoms with Gasteiger partial charge in [-0.25, -0.2) is 0 Å². The summed E-state index contributed by atoms with van der Waals surface area (Å²) in [5, 5.41) is 0. The van der Waals surface area contributed by atoms with Crippen molar-refractivity contribution in [2.45, 2.75) is 26.9 Å². The van der Waals surface area contributed by atoms with Gasteiger partial charge in [-0.15, -0.1) is 0 Å². The first-order valence-corrected chi connectivity index (χ1v) is 3.35. The highest BCUT2D eigenvalue weighted by Gasteiger charge is 2.19. The molecule has 3 heteroatoms. The Morgan fingerprint density at radius 2 is 2.20 bits per heavy atom. The van der Waals surface area contributed by atoms with E-state index in [1.807, 2.05) is 6.08 Å². The highest BCUT2D eigenvalue weighted by atomic mass is 16.7. The average Bonchev–Trinajstić information content (AvgIpc) is 2.11. The van der Waals surface area contributed by atoms with Crippen molar-refractivity contribution in [1.82, 2.24) is 0 Å². The molecule has 0 spiro atoms. The first kappa shape index (κ1) is 7.57. The van der Waals surface area contributed by atoms with Gasteiger partial charge in [0.05, 0.1) is 5.76 Å². The van der Waals surface area contributed by atoms with Gasteiger partial charge in [-0.2, -0.15) is 0 Å². The maximum Gasteiger partial charge on any atom is 0.0783 e. The number of rotatable bonds is 0. The normalized spacial score (nSPS) is 26.0. The van der Waals surface area contributed by atoms with E-state index in [1.165, 1.54) is 0 Å². The van der Waals surface area contributed by atoms with Crippen LogP contribution in [-0.4, -0.2) is 6.17 Å². The van der Waals surface area contributed by atoms with Gasteiger partial charge in [0.2, 0.25) is 0 Å². The Morgan fingerprint density at radius 1 is 1.60 bits per heavy atom. The minimum Gasteiger partial charge on any atom is -0.589 e. The van der Waals surface area contributed by atoms with Crippen LogP contribution in [-0.2, 0) is 4.84 Å². The van der Waals surface area contributed by atoms with Crippen molar-refractivity contribution in [1.29, 1.82) is 0 Å². The number of hydrogen-bond donors (Lipinski definition) is 1. The van der Waals surface area contributed by atoms with Crippen LogP contribution in [0, 0.1) is 5.41 Å². The van der Waals surface area contributed by atoms with Crippen LogP contribution in [0.5, 0.6) is 0 Å². The molecular formula is C7H13N2O-. The molecule has 3 nitrogen and oxygen atoms in total. The Bertz CT molecular complexity index is 157. The summed E-state index contributed by atoms with van der Waals surface area (Å²) in [6.45, 7) is 6.19. The van der Waals surface area contributed by atoms with E-state index >= 15 is 0 Å². The van der Waals surface area contributed by atoms with Gasteiger partial charge < -0.3 is 16.1 Å². The first-order chi connectivity index (χ1) is 4.50. The molecule has 0 radical (unpaired) electrons. The highest BCUT2D eigenvalue weighted by Crippen LogP contribution is 2.32. The van der Waals surface area contributed by atoms with E-state index in [9.17, 15) is 0 Å². The van der Waals surface area contributed by atoms with Crippen LogP contribution in [0.3, 0.4) is 0 Å². The third-order valence-corrected chi connectivity index (χ3v) is 1.33. The Kier molecular flexibility index (Phi) is 1.70. The van der Waals surface area contributed by atoms with Crippen molar-refractivity contribution in [2.75, 3.05) is 0 Å². The lowest BCUT2D eigenvalue weighted by Crippen LogP contribution is -2.11. The van der Waals surface area contributed by atoms with Crippen LogP contribution in [0.4, 0.5) is 0 Å². The molecule has 1 rings (SSSR count). The fourth-order valence-corrected chi connectivity index (χ4v) is 0.721. The molecule has 0 aromatic carbocycles. The molecule has 0 bridgehead atoms. The summed E-state index contributed by atoms with van der Waals surface area (Å²) in [6, 6.07) is 0. The third kappa shape index (κ3) is 1.49. The second kappa shape index (κ2) is 2.25. The van der Waals surface area contributed by atoms with Gasteiger partial charge >= 0.3 is 0 Å². The van der Waals surface area contributed by atoms with E-state index in [4.69, 9.17) is 10.6 Å². The summed E-state index contributed by atoms with van der Waals surface area (Å²) in [6.07, 6.45) is 1.56. The Balaban J connectivity index is 2.67. The van der Waals surface area contributed by atoms with Gasteiger partial charge in [-0.3, -0.25) is 0 Å². The largest absolute Gasteiger partial charge is 0.589 e. The molecule has 0 fully saturated rings. The molecular weight excluding hydrogens is 128 g/mol. The van der Waals surface area contributed by atoms with Crippen molar-refractivity contribution < 1.29 is 4.84 Å². The SMILES string of the molecule is CC(C)(C)C1=CC(N)[N-]O1. The minimum absolute atomic E-state index is 0.0254. The third-order valence-electron chi connectivity index (χ3n) is 1.33. The summed E-state index contributed by atoms with van der Waals surface area (Å²) < 4.78 is 0.